The van der Waals surface area contributed by atoms with Gasteiger partial charge in [0.2, 0.25) is 0 Å². The van der Waals surface area contributed by atoms with Gasteiger partial charge in [0.15, 0.2) is 0 Å². The molecule has 0 fully saturated rings. The molecule has 2 heterocycles. The summed E-state index contributed by atoms with van der Waals surface area (Å²) in [7, 11) is 0. The van der Waals surface area contributed by atoms with E-state index in [-0.39, 0.29) is 0 Å². The quantitative estimate of drug-likeness (QED) is 0.827. The van der Waals surface area contributed by atoms with Crippen molar-refractivity contribution < 1.29 is 4.74 Å². The Morgan fingerprint density at radius 1 is 1.33 bits per heavy atom. The first kappa shape index (κ1) is 11.1. The minimum Gasteiger partial charge on any atom is -0.486 e. The van der Waals surface area contributed by atoms with Gasteiger partial charge in [-0.3, -0.25) is 4.98 Å². The molecular formula is C10H7Br2NOS. The van der Waals surface area contributed by atoms with E-state index < -0.39 is 0 Å². The van der Waals surface area contributed by atoms with E-state index >= 15 is 0 Å². The van der Waals surface area contributed by atoms with E-state index in [4.69, 9.17) is 4.74 Å². The van der Waals surface area contributed by atoms with Crippen LogP contribution in [-0.4, -0.2) is 4.98 Å². The van der Waals surface area contributed by atoms with Gasteiger partial charge in [0, 0.05) is 15.1 Å². The summed E-state index contributed by atoms with van der Waals surface area (Å²) in [4.78, 5) is 5.20. The zero-order valence-electron chi connectivity index (χ0n) is 7.61. The van der Waals surface area contributed by atoms with Crippen molar-refractivity contribution >= 4 is 43.2 Å². The fourth-order valence-electron chi connectivity index (χ4n) is 1.05. The van der Waals surface area contributed by atoms with E-state index in [1.165, 1.54) is 4.88 Å². The van der Waals surface area contributed by atoms with Crippen LogP contribution in [0.2, 0.25) is 0 Å². The molecular weight excluding hydrogens is 342 g/mol. The molecule has 0 aliphatic carbocycles. The molecule has 0 unspecified atom stereocenters. The summed E-state index contributed by atoms with van der Waals surface area (Å²) in [6, 6.07) is 3.91. The molecule has 0 aliphatic rings. The van der Waals surface area contributed by atoms with E-state index in [9.17, 15) is 0 Å². The third kappa shape index (κ3) is 3.03. The highest BCUT2D eigenvalue weighted by Gasteiger charge is 2.02. The second-order valence-corrected chi connectivity index (χ2v) is 5.59. The van der Waals surface area contributed by atoms with Crippen molar-refractivity contribution in [1.29, 1.82) is 0 Å². The van der Waals surface area contributed by atoms with Gasteiger partial charge in [0.1, 0.15) is 12.4 Å². The normalized spacial score (nSPS) is 10.3. The van der Waals surface area contributed by atoms with Gasteiger partial charge in [0.05, 0.1) is 11.1 Å². The molecule has 5 heteroatoms. The zero-order chi connectivity index (χ0) is 10.7. The molecule has 0 aliphatic heterocycles. The first-order valence-corrected chi connectivity index (χ1v) is 6.67. The molecule has 0 atom stereocenters. The van der Waals surface area contributed by atoms with Crippen LogP contribution in [0.15, 0.2) is 38.9 Å². The maximum absolute atomic E-state index is 5.60. The van der Waals surface area contributed by atoms with Crippen LogP contribution in [0, 0.1) is 0 Å². The summed E-state index contributed by atoms with van der Waals surface area (Å²) in [6.07, 6.45) is 3.43. The van der Waals surface area contributed by atoms with E-state index in [1.54, 1.807) is 23.7 Å². The lowest BCUT2D eigenvalue weighted by atomic mass is 10.4. The number of aromatic nitrogens is 1. The summed E-state index contributed by atoms with van der Waals surface area (Å²) >= 11 is 8.47. The van der Waals surface area contributed by atoms with Crippen LogP contribution in [0.4, 0.5) is 0 Å². The van der Waals surface area contributed by atoms with E-state index in [0.29, 0.717) is 6.61 Å². The fourth-order valence-corrected chi connectivity index (χ4v) is 2.77. The van der Waals surface area contributed by atoms with Gasteiger partial charge in [0.25, 0.3) is 0 Å². The predicted octanol–water partition coefficient (Wildman–Crippen LogP) is 4.25. The van der Waals surface area contributed by atoms with Crippen LogP contribution in [0.5, 0.6) is 5.75 Å². The highest BCUT2D eigenvalue weighted by atomic mass is 79.9. The highest BCUT2D eigenvalue weighted by Crippen LogP contribution is 2.24. The summed E-state index contributed by atoms with van der Waals surface area (Å²) in [5.74, 6) is 0.768. The first-order valence-electron chi connectivity index (χ1n) is 4.21. The molecule has 2 aromatic heterocycles. The van der Waals surface area contributed by atoms with Crippen molar-refractivity contribution in [2.24, 2.45) is 0 Å². The second kappa shape index (κ2) is 5.09. The number of halogens is 2. The largest absolute Gasteiger partial charge is 0.486 e. The monoisotopic (exact) mass is 347 g/mol. The lowest BCUT2D eigenvalue weighted by Crippen LogP contribution is -1.93. The molecule has 78 valence electrons. The number of rotatable bonds is 3. The summed E-state index contributed by atoms with van der Waals surface area (Å²) in [5.41, 5.74) is 0. The van der Waals surface area contributed by atoms with E-state index in [1.807, 2.05) is 17.5 Å². The predicted molar refractivity (Wildman–Crippen MR) is 68.3 cm³/mol. The molecule has 2 aromatic rings. The number of thiophene rings is 1. The molecule has 0 N–H and O–H groups in total. The molecule has 0 aromatic carbocycles. The maximum atomic E-state index is 5.60. The van der Waals surface area contributed by atoms with Crippen molar-refractivity contribution in [3.05, 3.63) is 43.7 Å². The van der Waals surface area contributed by atoms with Gasteiger partial charge in [-0.2, -0.15) is 0 Å². The Labute approximate surface area is 109 Å². The summed E-state index contributed by atoms with van der Waals surface area (Å²) in [6.45, 7) is 0.566. The molecule has 0 saturated heterocycles. The van der Waals surface area contributed by atoms with E-state index in [0.717, 1.165) is 14.7 Å². The van der Waals surface area contributed by atoms with Crippen LogP contribution in [0.1, 0.15) is 4.88 Å². The molecule has 15 heavy (non-hydrogen) atoms. The SMILES string of the molecule is Brc1cncc(OCc2sccc2Br)c1. The minimum atomic E-state index is 0.566. The summed E-state index contributed by atoms with van der Waals surface area (Å²) in [5, 5.41) is 2.03. The topological polar surface area (TPSA) is 22.1 Å². The van der Waals surface area contributed by atoms with Gasteiger partial charge in [-0.05, 0) is 49.4 Å². The Balaban J connectivity index is 2.02. The van der Waals surface area contributed by atoms with Crippen molar-refractivity contribution in [1.82, 2.24) is 4.98 Å². The van der Waals surface area contributed by atoms with Crippen molar-refractivity contribution in [2.45, 2.75) is 6.61 Å². The second-order valence-electron chi connectivity index (χ2n) is 2.82. The van der Waals surface area contributed by atoms with Gasteiger partial charge in [-0.1, -0.05) is 0 Å². The van der Waals surface area contributed by atoms with Crippen LogP contribution in [-0.2, 0) is 6.61 Å². The number of pyridine rings is 1. The molecule has 0 spiro atoms. The standard InChI is InChI=1S/C10H7Br2NOS/c11-7-3-8(5-13-4-7)14-6-10-9(12)1-2-15-10/h1-5H,6H2. The van der Waals surface area contributed by atoms with Crippen LogP contribution in [0.3, 0.4) is 0 Å². The smallest absolute Gasteiger partial charge is 0.139 e. The third-order valence-corrected chi connectivity index (χ3v) is 4.07. The summed E-state index contributed by atoms with van der Waals surface area (Å²) < 4.78 is 7.61. The number of hydrogen-bond donors (Lipinski definition) is 0. The van der Waals surface area contributed by atoms with Crippen LogP contribution >= 0.6 is 43.2 Å². The number of ether oxygens (including phenoxy) is 1. The molecule has 0 saturated carbocycles. The van der Waals surface area contributed by atoms with Crippen molar-refractivity contribution in [3.63, 3.8) is 0 Å². The molecule has 0 amide bonds. The average molecular weight is 349 g/mol. The van der Waals surface area contributed by atoms with Crippen molar-refractivity contribution in [2.75, 3.05) is 0 Å². The third-order valence-electron chi connectivity index (χ3n) is 1.74. The number of hydrogen-bond acceptors (Lipinski definition) is 3. The maximum Gasteiger partial charge on any atom is 0.139 e. The zero-order valence-corrected chi connectivity index (χ0v) is 11.6. The molecule has 0 bridgehead atoms. The van der Waals surface area contributed by atoms with Gasteiger partial charge in [-0.25, -0.2) is 0 Å². The minimum absolute atomic E-state index is 0.566. The Hall–Kier alpha value is -0.390. The highest BCUT2D eigenvalue weighted by molar-refractivity contribution is 9.10. The van der Waals surface area contributed by atoms with Crippen LogP contribution in [0.25, 0.3) is 0 Å². The van der Waals surface area contributed by atoms with Gasteiger partial charge < -0.3 is 4.74 Å². The lowest BCUT2D eigenvalue weighted by Gasteiger charge is -2.04. The molecule has 2 rings (SSSR count). The molecule has 0 radical (unpaired) electrons. The van der Waals surface area contributed by atoms with Crippen LogP contribution < -0.4 is 4.74 Å². The van der Waals surface area contributed by atoms with E-state index in [2.05, 4.69) is 36.8 Å². The molecule has 2 nitrogen and oxygen atoms in total. The van der Waals surface area contributed by atoms with Gasteiger partial charge in [-0.15, -0.1) is 11.3 Å². The lowest BCUT2D eigenvalue weighted by molar-refractivity contribution is 0.307. The fraction of sp³-hybridized carbons (Fsp3) is 0.100. The Kier molecular flexibility index (Phi) is 3.77. The first-order chi connectivity index (χ1) is 7.25. The Morgan fingerprint density at radius 3 is 2.87 bits per heavy atom. The Morgan fingerprint density at radius 2 is 2.20 bits per heavy atom. The number of nitrogens with zero attached hydrogens (tertiary/aromatic N) is 1. The van der Waals surface area contributed by atoms with Crippen molar-refractivity contribution in [3.8, 4) is 5.75 Å². The average Bonchev–Trinajstić information content (AvgIpc) is 2.61. The Bertz CT molecular complexity index is 458. The van der Waals surface area contributed by atoms with Gasteiger partial charge >= 0.3 is 0 Å².